The summed E-state index contributed by atoms with van der Waals surface area (Å²) in [5, 5.41) is 51.5. The van der Waals surface area contributed by atoms with Crippen LogP contribution in [0.1, 0.15) is 67.8 Å². The van der Waals surface area contributed by atoms with Gasteiger partial charge in [-0.05, 0) is 138 Å². The highest BCUT2D eigenvalue weighted by Crippen LogP contribution is 2.08. The second-order valence-corrected chi connectivity index (χ2v) is 13.3. The van der Waals surface area contributed by atoms with Gasteiger partial charge in [-0.1, -0.05) is 121 Å². The Morgan fingerprint density at radius 3 is 0.706 bits per heavy atom. The minimum atomic E-state index is 0.185. The zero-order valence-corrected chi connectivity index (χ0v) is 35.0. The maximum absolute atomic E-state index is 4.47. The smallest absolute Gasteiger partial charge is 0.156 e. The average Bonchev–Trinajstić information content (AvgIpc) is 4.18. The third kappa shape index (κ3) is 10.8. The summed E-state index contributed by atoms with van der Waals surface area (Å²) in [5.41, 5.74) is 5.02. The molecule has 0 atom stereocenters. The van der Waals surface area contributed by atoms with Crippen molar-refractivity contribution in [2.75, 3.05) is 0 Å². The second kappa shape index (κ2) is 21.1. The topological polar surface area (TPSA) is 172 Å². The number of hydrogen-bond donors (Lipinski definition) is 0. The van der Waals surface area contributed by atoms with Crippen LogP contribution in [0.4, 0.5) is 0 Å². The van der Waals surface area contributed by atoms with E-state index in [2.05, 4.69) is 156 Å². The molecule has 16 nitrogen and oxygen atoms in total. The zero-order chi connectivity index (χ0) is 46.0. The van der Waals surface area contributed by atoms with E-state index in [9.17, 15) is 0 Å². The van der Waals surface area contributed by atoms with Crippen molar-refractivity contribution in [3.8, 4) is 94.7 Å². The molecule has 0 radical (unpaired) electrons. The Kier molecular flexibility index (Phi) is 13.0. The maximum atomic E-state index is 4.47. The van der Waals surface area contributed by atoms with Crippen LogP contribution in [-0.2, 0) is 0 Å². The van der Waals surface area contributed by atoms with Crippen molar-refractivity contribution >= 4 is 24.9 Å². The molecule has 0 unspecified atom stereocenters. The molecule has 0 saturated carbocycles. The van der Waals surface area contributed by atoms with E-state index in [1.165, 1.54) is 19.2 Å². The first kappa shape index (κ1) is 41.9. The molecule has 4 aromatic carbocycles. The highest BCUT2D eigenvalue weighted by atomic mass is 15.6. The molecule has 68 heavy (non-hydrogen) atoms. The summed E-state index contributed by atoms with van der Waals surface area (Å²) in [5.74, 6) is 46.2. The number of hydrogen-bond acceptors (Lipinski definition) is 12. The minimum Gasteiger partial charge on any atom is -0.156 e. The van der Waals surface area contributed by atoms with Gasteiger partial charge in [-0.3, -0.25) is 0 Å². The molecule has 0 N–H and O–H groups in total. The quantitative estimate of drug-likeness (QED) is 0.165. The van der Waals surface area contributed by atoms with Gasteiger partial charge in [0.1, 0.15) is 0 Å². The standard InChI is InChI=1S/C52H24N16/c1-5-21-41(22-6-1)37-53-65-49-33-17-13-30-46-51(67(62-58-46)55-39-43-25-9-3-10-26-43)35-19-15-32-48-52(68(64-60-48)56-40-44-27-11-4-12-28-44)36-20-16-31-47-50(34-18-14-29-45(49)57-61-65)66(63-59-47)54-38-42-23-7-2-8-24-42/h1-12,21-28,37-40H/b53-37+,54-38+,55-39+,56-40+. The lowest BCUT2D eigenvalue weighted by molar-refractivity contribution is 0.690. The molecule has 8 aromatic rings. The van der Waals surface area contributed by atoms with Gasteiger partial charge in [0.15, 0.2) is 45.6 Å². The SMILES string of the molecule is C1#Cc2nnn(/N=C/c3ccccc3)c2C#CC#Cc2nnn(/N=C/c3ccccc3)c2C#CC#Cc2nnn(/N=C/c3ccccc3)c2C#CC#Cc2nnn(/N=C/c3ccccc3)c2C#C1. The summed E-state index contributed by atoms with van der Waals surface area (Å²) >= 11 is 0. The molecular weight excluding hydrogens is 849 g/mol. The second-order valence-electron chi connectivity index (χ2n) is 13.3. The average molecular weight is 873 g/mol. The first-order valence-corrected chi connectivity index (χ1v) is 20.0. The lowest BCUT2D eigenvalue weighted by Crippen LogP contribution is -1.97. The molecule has 0 aliphatic heterocycles. The molecular formula is C52H24N16. The van der Waals surface area contributed by atoms with E-state index in [1.807, 2.05) is 121 Å². The zero-order valence-electron chi connectivity index (χ0n) is 35.0. The molecule has 0 amide bonds. The Bertz CT molecular complexity index is 3320. The summed E-state index contributed by atoms with van der Waals surface area (Å²) in [6.07, 6.45) is 6.46. The van der Waals surface area contributed by atoms with Crippen molar-refractivity contribution in [3.63, 3.8) is 0 Å². The van der Waals surface area contributed by atoms with Crippen LogP contribution in [0.25, 0.3) is 0 Å². The van der Waals surface area contributed by atoms with E-state index in [1.54, 1.807) is 24.9 Å². The normalized spacial score (nSPS) is 11.3. The van der Waals surface area contributed by atoms with Crippen molar-refractivity contribution in [3.05, 3.63) is 189 Å². The van der Waals surface area contributed by atoms with Gasteiger partial charge in [-0.25, -0.2) is 0 Å². The van der Waals surface area contributed by atoms with Crippen molar-refractivity contribution in [1.29, 1.82) is 0 Å². The lowest BCUT2D eigenvalue weighted by atomic mass is 10.2. The van der Waals surface area contributed by atoms with E-state index < -0.39 is 0 Å². The molecule has 4 aromatic heterocycles. The number of fused-ring (bicyclic) bond motifs is 4. The fourth-order valence-electron chi connectivity index (χ4n) is 5.56. The van der Waals surface area contributed by atoms with Crippen LogP contribution >= 0.6 is 0 Å². The molecule has 9 rings (SSSR count). The van der Waals surface area contributed by atoms with E-state index >= 15 is 0 Å². The fraction of sp³-hybridized carbons (Fsp3) is 0. The number of rotatable bonds is 8. The summed E-state index contributed by atoms with van der Waals surface area (Å²) in [7, 11) is 0. The van der Waals surface area contributed by atoms with Crippen molar-refractivity contribution < 1.29 is 0 Å². The Labute approximate surface area is 388 Å². The molecule has 16 heteroatoms. The summed E-state index contributed by atoms with van der Waals surface area (Å²) in [6.45, 7) is 0. The molecule has 4 heterocycles. The third-order valence-corrected chi connectivity index (χ3v) is 8.78. The Hall–Kier alpha value is -11.4. The molecule has 0 saturated heterocycles. The number of nitrogens with zero attached hydrogens (tertiary/aromatic N) is 16. The van der Waals surface area contributed by atoms with Crippen LogP contribution < -0.4 is 0 Å². The van der Waals surface area contributed by atoms with Crippen molar-refractivity contribution in [1.82, 2.24) is 60.4 Å². The Balaban J connectivity index is 1.17. The predicted octanol–water partition coefficient (Wildman–Crippen LogP) is 3.51. The van der Waals surface area contributed by atoms with Gasteiger partial charge in [0.2, 0.25) is 0 Å². The predicted molar refractivity (Wildman–Crippen MR) is 253 cm³/mol. The van der Waals surface area contributed by atoms with Crippen LogP contribution in [0, 0.1) is 94.7 Å². The first-order chi connectivity index (χ1) is 33.7. The van der Waals surface area contributed by atoms with Gasteiger partial charge >= 0.3 is 0 Å². The third-order valence-electron chi connectivity index (χ3n) is 8.78. The van der Waals surface area contributed by atoms with Crippen LogP contribution in [0.2, 0.25) is 0 Å². The van der Waals surface area contributed by atoms with E-state index in [-0.39, 0.29) is 45.6 Å². The lowest BCUT2D eigenvalue weighted by Gasteiger charge is -1.94. The molecule has 0 fully saturated rings. The van der Waals surface area contributed by atoms with Gasteiger partial charge < -0.3 is 0 Å². The van der Waals surface area contributed by atoms with Gasteiger partial charge in [-0.15, -0.1) is 39.6 Å². The maximum Gasteiger partial charge on any atom is 0.174 e. The molecule has 0 bridgehead atoms. The Morgan fingerprint density at radius 2 is 0.485 bits per heavy atom. The van der Waals surface area contributed by atoms with Crippen LogP contribution in [0.5, 0.6) is 0 Å². The summed E-state index contributed by atoms with van der Waals surface area (Å²) in [6, 6.07) is 37.9. The van der Waals surface area contributed by atoms with Crippen LogP contribution in [-0.4, -0.2) is 85.3 Å². The van der Waals surface area contributed by atoms with Crippen LogP contribution in [0.15, 0.2) is 142 Å². The highest BCUT2D eigenvalue weighted by molar-refractivity contribution is 5.81. The van der Waals surface area contributed by atoms with E-state index in [0.29, 0.717) is 0 Å². The largest absolute Gasteiger partial charge is 0.174 e. The van der Waals surface area contributed by atoms with Crippen molar-refractivity contribution in [2.24, 2.45) is 20.4 Å². The van der Waals surface area contributed by atoms with E-state index in [0.717, 1.165) is 22.3 Å². The molecule has 1 aliphatic rings. The Morgan fingerprint density at radius 1 is 0.279 bits per heavy atom. The molecule has 312 valence electrons. The monoisotopic (exact) mass is 872 g/mol. The van der Waals surface area contributed by atoms with Gasteiger partial charge in [-0.2, -0.15) is 20.4 Å². The molecule has 0 spiro atoms. The van der Waals surface area contributed by atoms with Gasteiger partial charge in [0.25, 0.3) is 0 Å². The highest BCUT2D eigenvalue weighted by Gasteiger charge is 2.12. The van der Waals surface area contributed by atoms with E-state index in [4.69, 9.17) is 0 Å². The number of benzene rings is 4. The number of aromatic nitrogens is 12. The van der Waals surface area contributed by atoms with Crippen LogP contribution in [0.3, 0.4) is 0 Å². The summed E-state index contributed by atoms with van der Waals surface area (Å²) < 4.78 is 0. The molecule has 1 aliphatic carbocycles. The fourth-order valence-corrected chi connectivity index (χ4v) is 5.56. The van der Waals surface area contributed by atoms with Gasteiger partial charge in [0.05, 0.1) is 24.9 Å². The first-order valence-electron chi connectivity index (χ1n) is 20.0. The minimum absolute atomic E-state index is 0.185. The summed E-state index contributed by atoms with van der Waals surface area (Å²) in [4.78, 5) is 5.00. The van der Waals surface area contributed by atoms with Gasteiger partial charge in [0, 0.05) is 0 Å². The van der Waals surface area contributed by atoms with Crippen molar-refractivity contribution in [2.45, 2.75) is 0 Å².